The van der Waals surface area contributed by atoms with E-state index in [2.05, 4.69) is 37.3 Å². The molecule has 0 bridgehead atoms. The lowest BCUT2D eigenvalue weighted by molar-refractivity contribution is -0.384. The summed E-state index contributed by atoms with van der Waals surface area (Å²) in [5.41, 5.74) is 5.16. The van der Waals surface area contributed by atoms with Crippen LogP contribution in [0.3, 0.4) is 0 Å². The summed E-state index contributed by atoms with van der Waals surface area (Å²) >= 11 is 0. The van der Waals surface area contributed by atoms with Crippen LogP contribution >= 0.6 is 0 Å². The predicted octanol–water partition coefficient (Wildman–Crippen LogP) is 3.94. The highest BCUT2D eigenvalue weighted by Crippen LogP contribution is 2.33. The van der Waals surface area contributed by atoms with Crippen molar-refractivity contribution in [2.45, 2.75) is 26.4 Å². The normalized spacial score (nSPS) is 14.3. The Morgan fingerprint density at radius 1 is 1.16 bits per heavy atom. The van der Waals surface area contributed by atoms with Crippen molar-refractivity contribution in [2.24, 2.45) is 0 Å². The number of rotatable bonds is 5. The molecule has 0 saturated carbocycles. The fourth-order valence-electron chi connectivity index (χ4n) is 3.18. The first-order valence-corrected chi connectivity index (χ1v) is 8.54. The Morgan fingerprint density at radius 2 is 1.88 bits per heavy atom. The van der Waals surface area contributed by atoms with Crippen LogP contribution in [0.2, 0.25) is 0 Å². The van der Waals surface area contributed by atoms with Crippen LogP contribution in [-0.4, -0.2) is 23.1 Å². The molecule has 0 saturated heterocycles. The topological polar surface area (TPSA) is 66.6 Å². The molecule has 1 aliphatic rings. The lowest BCUT2D eigenvalue weighted by Gasteiger charge is -2.28. The second-order valence-electron chi connectivity index (χ2n) is 6.21. The first-order valence-electron chi connectivity index (χ1n) is 8.54. The van der Waals surface area contributed by atoms with Gasteiger partial charge in [0, 0.05) is 19.2 Å². The Balaban J connectivity index is 1.83. The average molecular weight is 338 g/mol. The number of aryl methyl sites for hydroxylation is 1. The van der Waals surface area contributed by atoms with Gasteiger partial charge in [0.1, 0.15) is 5.69 Å². The third kappa shape index (κ3) is 3.72. The van der Waals surface area contributed by atoms with Crippen molar-refractivity contribution in [1.29, 1.82) is 0 Å². The Labute approximate surface area is 147 Å². The molecule has 0 radical (unpaired) electrons. The molecule has 1 aliphatic heterocycles. The number of anilines is 1. The number of aliphatic hydroxyl groups is 1. The molecule has 5 heteroatoms. The highest BCUT2D eigenvalue weighted by atomic mass is 16.6. The molecule has 3 rings (SSSR count). The first kappa shape index (κ1) is 17.2. The summed E-state index contributed by atoms with van der Waals surface area (Å²) in [7, 11) is 0. The highest BCUT2D eigenvalue weighted by molar-refractivity contribution is 5.71. The van der Waals surface area contributed by atoms with Gasteiger partial charge in [-0.05, 0) is 47.2 Å². The Kier molecular flexibility index (Phi) is 5.14. The molecule has 0 fully saturated rings. The van der Waals surface area contributed by atoms with Gasteiger partial charge in [-0.2, -0.15) is 0 Å². The van der Waals surface area contributed by atoms with Gasteiger partial charge < -0.3 is 10.0 Å². The predicted molar refractivity (Wildman–Crippen MR) is 99.6 cm³/mol. The molecule has 0 spiro atoms. The van der Waals surface area contributed by atoms with Crippen molar-refractivity contribution in [3.05, 3.63) is 75.3 Å². The average Bonchev–Trinajstić information content (AvgIpc) is 2.67. The molecule has 1 heterocycles. The maximum atomic E-state index is 11.3. The van der Waals surface area contributed by atoms with E-state index < -0.39 is 0 Å². The Bertz CT molecular complexity index is 797. The molecular weight excluding hydrogens is 316 g/mol. The number of nitro benzene ring substituents is 1. The largest absolute Gasteiger partial charge is 0.392 e. The molecule has 0 atom stereocenters. The number of nitro groups is 1. The third-order valence-electron chi connectivity index (χ3n) is 4.70. The van der Waals surface area contributed by atoms with Crippen LogP contribution in [0.5, 0.6) is 0 Å². The number of benzene rings is 2. The van der Waals surface area contributed by atoms with Crippen molar-refractivity contribution < 1.29 is 10.0 Å². The van der Waals surface area contributed by atoms with Crippen LogP contribution in [0.15, 0.2) is 48.5 Å². The van der Waals surface area contributed by atoms with Gasteiger partial charge in [0.2, 0.25) is 0 Å². The van der Waals surface area contributed by atoms with E-state index in [-0.39, 0.29) is 17.2 Å². The monoisotopic (exact) mass is 338 g/mol. The maximum Gasteiger partial charge on any atom is 0.292 e. The van der Waals surface area contributed by atoms with Crippen molar-refractivity contribution in [3.63, 3.8) is 0 Å². The van der Waals surface area contributed by atoms with Gasteiger partial charge in [-0.25, -0.2) is 0 Å². The van der Waals surface area contributed by atoms with Gasteiger partial charge in [0.05, 0.1) is 11.5 Å². The minimum Gasteiger partial charge on any atom is -0.392 e. The smallest absolute Gasteiger partial charge is 0.292 e. The lowest BCUT2D eigenvalue weighted by atomic mass is 9.97. The van der Waals surface area contributed by atoms with Gasteiger partial charge in [0.15, 0.2) is 0 Å². The SMILES string of the molecule is CCc1ccc(C2=CCN(c3cc(CO)ccc3[N+](=O)[O-])CC2)cc1. The van der Waals surface area contributed by atoms with Gasteiger partial charge in [-0.1, -0.05) is 37.3 Å². The van der Waals surface area contributed by atoms with Crippen LogP contribution in [0.25, 0.3) is 5.57 Å². The van der Waals surface area contributed by atoms with Gasteiger partial charge in [-0.15, -0.1) is 0 Å². The molecule has 0 aliphatic carbocycles. The van der Waals surface area contributed by atoms with Crippen LogP contribution in [0, 0.1) is 10.1 Å². The molecule has 2 aromatic carbocycles. The van der Waals surface area contributed by atoms with Crippen LogP contribution in [0.4, 0.5) is 11.4 Å². The van der Waals surface area contributed by atoms with Crippen molar-refractivity contribution in [2.75, 3.05) is 18.0 Å². The van der Waals surface area contributed by atoms with E-state index in [0.717, 1.165) is 19.4 Å². The van der Waals surface area contributed by atoms with E-state index in [1.807, 2.05) is 4.90 Å². The van der Waals surface area contributed by atoms with E-state index in [4.69, 9.17) is 0 Å². The summed E-state index contributed by atoms with van der Waals surface area (Å²) in [5, 5.41) is 20.6. The molecule has 130 valence electrons. The fraction of sp³-hybridized carbons (Fsp3) is 0.300. The second-order valence-corrected chi connectivity index (χ2v) is 6.21. The van der Waals surface area contributed by atoms with Crippen molar-refractivity contribution in [1.82, 2.24) is 0 Å². The number of nitrogens with zero attached hydrogens (tertiary/aromatic N) is 2. The fourth-order valence-corrected chi connectivity index (χ4v) is 3.18. The van der Waals surface area contributed by atoms with Gasteiger partial charge in [-0.3, -0.25) is 10.1 Å². The number of hydrogen-bond acceptors (Lipinski definition) is 4. The molecule has 0 aromatic heterocycles. The van der Waals surface area contributed by atoms with E-state index >= 15 is 0 Å². The summed E-state index contributed by atoms with van der Waals surface area (Å²) in [6, 6.07) is 13.4. The van der Waals surface area contributed by atoms with Crippen molar-refractivity contribution in [3.8, 4) is 0 Å². The summed E-state index contributed by atoms with van der Waals surface area (Å²) in [4.78, 5) is 13.0. The second kappa shape index (κ2) is 7.49. The van der Waals surface area contributed by atoms with Crippen LogP contribution in [0.1, 0.15) is 30.0 Å². The molecular formula is C20H22N2O3. The van der Waals surface area contributed by atoms with E-state index in [0.29, 0.717) is 17.8 Å². The van der Waals surface area contributed by atoms with Crippen LogP contribution < -0.4 is 4.90 Å². The molecule has 0 unspecified atom stereocenters. The molecule has 2 aromatic rings. The standard InChI is InChI=1S/C20H22N2O3/c1-2-15-3-6-17(7-4-15)18-9-11-21(12-10-18)20-13-16(14-23)5-8-19(20)22(24)25/h3-9,13,23H,2,10-12,14H2,1H3. The Hall–Kier alpha value is -2.66. The van der Waals surface area contributed by atoms with Gasteiger partial charge in [0.25, 0.3) is 5.69 Å². The molecule has 1 N–H and O–H groups in total. The number of aliphatic hydroxyl groups excluding tert-OH is 1. The number of hydrogen-bond donors (Lipinski definition) is 1. The van der Waals surface area contributed by atoms with Gasteiger partial charge >= 0.3 is 0 Å². The molecule has 0 amide bonds. The van der Waals surface area contributed by atoms with E-state index in [9.17, 15) is 15.2 Å². The summed E-state index contributed by atoms with van der Waals surface area (Å²) in [5.74, 6) is 0. The summed E-state index contributed by atoms with van der Waals surface area (Å²) in [6.07, 6.45) is 4.00. The Morgan fingerprint density at radius 3 is 2.44 bits per heavy atom. The zero-order chi connectivity index (χ0) is 17.8. The molecule has 5 nitrogen and oxygen atoms in total. The minimum absolute atomic E-state index is 0.0846. The molecule has 25 heavy (non-hydrogen) atoms. The first-order chi connectivity index (χ1) is 12.1. The van der Waals surface area contributed by atoms with Crippen LogP contribution in [-0.2, 0) is 13.0 Å². The quantitative estimate of drug-likeness (QED) is 0.662. The zero-order valence-corrected chi connectivity index (χ0v) is 14.3. The minimum atomic E-state index is -0.362. The maximum absolute atomic E-state index is 11.3. The summed E-state index contributed by atoms with van der Waals surface area (Å²) in [6.45, 7) is 3.36. The highest BCUT2D eigenvalue weighted by Gasteiger charge is 2.22. The summed E-state index contributed by atoms with van der Waals surface area (Å²) < 4.78 is 0. The third-order valence-corrected chi connectivity index (χ3v) is 4.70. The van der Waals surface area contributed by atoms with Crippen molar-refractivity contribution >= 4 is 16.9 Å². The van der Waals surface area contributed by atoms with E-state index in [1.54, 1.807) is 12.1 Å². The lowest BCUT2D eigenvalue weighted by Crippen LogP contribution is -2.29. The zero-order valence-electron chi connectivity index (χ0n) is 14.3. The van der Waals surface area contributed by atoms with E-state index in [1.165, 1.54) is 22.8 Å².